The van der Waals surface area contributed by atoms with Gasteiger partial charge in [-0.2, -0.15) is 0 Å². The van der Waals surface area contributed by atoms with Gasteiger partial charge < -0.3 is 114 Å². The Balaban J connectivity index is 1.68. The van der Waals surface area contributed by atoms with Crippen LogP contribution in [0.4, 0.5) is 22.7 Å². The summed E-state index contributed by atoms with van der Waals surface area (Å²) in [6.07, 6.45) is 5.46. The number of unbranched alkanes of at least 4 members (excludes halogenated alkanes) is 4. The van der Waals surface area contributed by atoms with Gasteiger partial charge in [0.05, 0.1) is 48.4 Å². The van der Waals surface area contributed by atoms with E-state index in [1.807, 2.05) is 27.7 Å². The Morgan fingerprint density at radius 3 is 0.866 bits per heavy atom. The van der Waals surface area contributed by atoms with Crippen LogP contribution in [0.15, 0.2) is 92.8 Å². The minimum atomic E-state index is -1.22. The SMILES string of the molecule is CCCC[C@H](NC(=O)c1cc(NC(=O)[C@H](CCCC)NC(=O)c2cc(NC(=O)[C@H](CCCC)NC(=O)c3cc(NC(=O)[C@H](CCCC)NC(=O)c4cc(N)ccc4OCCN=C(N)N)ccc3OCCN=C(N)N)ccc2OCCN=C(N)N)ccc1OCCN=C(N)N)C(N)=O. The monoisotopic (exact) mass is 1350 g/mol. The average molecular weight is 1350 g/mol. The first-order valence-electron chi connectivity index (χ1n) is 31.9. The van der Waals surface area contributed by atoms with E-state index >= 15 is 0 Å². The van der Waals surface area contributed by atoms with Gasteiger partial charge in [-0.25, -0.2) is 0 Å². The summed E-state index contributed by atoms with van der Waals surface area (Å²) < 4.78 is 23.6. The van der Waals surface area contributed by atoms with E-state index in [1.54, 1.807) is 6.07 Å². The van der Waals surface area contributed by atoms with Gasteiger partial charge in [0.2, 0.25) is 23.6 Å². The van der Waals surface area contributed by atoms with Gasteiger partial charge in [-0.15, -0.1) is 0 Å². The van der Waals surface area contributed by atoms with Crippen LogP contribution in [-0.4, -0.2) is 148 Å². The van der Waals surface area contributed by atoms with Crippen molar-refractivity contribution < 1.29 is 57.3 Å². The molecule has 0 radical (unpaired) electrons. The van der Waals surface area contributed by atoms with Crippen molar-refractivity contribution in [3.05, 3.63) is 95.1 Å². The van der Waals surface area contributed by atoms with Gasteiger partial charge in [-0.3, -0.25) is 58.3 Å². The summed E-state index contributed by atoms with van der Waals surface area (Å²) in [4.78, 5) is 128. The van der Waals surface area contributed by atoms with Crippen molar-refractivity contribution in [1.29, 1.82) is 0 Å². The van der Waals surface area contributed by atoms with E-state index in [0.29, 0.717) is 44.9 Å². The molecule has 4 aromatic rings. The highest BCUT2D eigenvalue weighted by molar-refractivity contribution is 6.07. The quantitative estimate of drug-likeness (QED) is 0.0129. The van der Waals surface area contributed by atoms with Gasteiger partial charge in [0.15, 0.2) is 23.8 Å². The van der Waals surface area contributed by atoms with Crippen molar-refractivity contribution in [3.63, 3.8) is 0 Å². The Bertz CT molecular complexity index is 3440. The fourth-order valence-electron chi connectivity index (χ4n) is 9.26. The molecule has 0 fully saturated rings. The molecule has 33 heteroatoms. The van der Waals surface area contributed by atoms with Crippen LogP contribution in [0.25, 0.3) is 0 Å². The number of anilines is 4. The molecule has 4 aromatic carbocycles. The molecule has 0 unspecified atom stereocenters. The molecule has 0 aromatic heterocycles. The molecule has 4 atom stereocenters. The van der Waals surface area contributed by atoms with E-state index in [0.717, 1.165) is 6.42 Å². The highest BCUT2D eigenvalue weighted by Crippen LogP contribution is 2.29. The minimum absolute atomic E-state index is 0.00413. The number of guanidine groups is 4. The van der Waals surface area contributed by atoms with E-state index < -0.39 is 71.4 Å². The number of nitrogens with one attached hydrogen (secondary N) is 7. The van der Waals surface area contributed by atoms with Crippen LogP contribution in [0.2, 0.25) is 0 Å². The van der Waals surface area contributed by atoms with Gasteiger partial charge in [0.1, 0.15) is 73.6 Å². The number of primary amides is 1. The van der Waals surface area contributed by atoms with Crippen molar-refractivity contribution in [2.75, 3.05) is 74.3 Å². The summed E-state index contributed by atoms with van der Waals surface area (Å²) in [6.45, 7) is 7.55. The predicted molar refractivity (Wildman–Crippen MR) is 373 cm³/mol. The van der Waals surface area contributed by atoms with Gasteiger partial charge >= 0.3 is 0 Å². The summed E-state index contributed by atoms with van der Waals surface area (Å²) in [7, 11) is 0. The number of nitrogens with two attached hydrogens (primary N) is 10. The number of benzene rings is 4. The highest BCUT2D eigenvalue weighted by Gasteiger charge is 2.30. The van der Waals surface area contributed by atoms with Crippen molar-refractivity contribution in [3.8, 4) is 23.0 Å². The summed E-state index contributed by atoms with van der Waals surface area (Å²) in [5.41, 5.74) is 56.1. The summed E-state index contributed by atoms with van der Waals surface area (Å²) >= 11 is 0. The lowest BCUT2D eigenvalue weighted by molar-refractivity contribution is -0.120. The fraction of sp³-hybridized carbons (Fsp3) is 0.438. The van der Waals surface area contributed by atoms with E-state index in [9.17, 15) is 38.4 Å². The molecule has 0 bridgehead atoms. The molecule has 0 aliphatic rings. The van der Waals surface area contributed by atoms with Crippen molar-refractivity contribution >= 4 is 93.8 Å². The third kappa shape index (κ3) is 27.7. The first-order chi connectivity index (χ1) is 46.4. The average Bonchev–Trinajstić information content (AvgIpc) is 0.907. The van der Waals surface area contributed by atoms with Crippen LogP contribution in [0.1, 0.15) is 146 Å². The number of rotatable bonds is 43. The zero-order chi connectivity index (χ0) is 71.4. The summed E-state index contributed by atoms with van der Waals surface area (Å²) in [6, 6.07) is 12.7. The number of hydrogen-bond donors (Lipinski definition) is 17. The Kier molecular flexibility index (Phi) is 33.4. The van der Waals surface area contributed by atoms with E-state index in [1.165, 1.54) is 66.7 Å². The first-order valence-corrected chi connectivity index (χ1v) is 31.9. The topological polar surface area (TPSA) is 567 Å². The molecule has 0 saturated heterocycles. The Morgan fingerprint density at radius 2 is 0.608 bits per heavy atom. The Hall–Kier alpha value is -11.3. The molecule has 0 spiro atoms. The Morgan fingerprint density at radius 1 is 0.361 bits per heavy atom. The molecule has 528 valence electrons. The molecular weight excluding hydrogens is 1250 g/mol. The third-order valence-electron chi connectivity index (χ3n) is 14.2. The van der Waals surface area contributed by atoms with Crippen molar-refractivity contribution in [1.82, 2.24) is 21.3 Å². The number of nitrogens with zero attached hydrogens (tertiary/aromatic N) is 4. The van der Waals surface area contributed by atoms with Crippen LogP contribution in [0.5, 0.6) is 23.0 Å². The Labute approximate surface area is 563 Å². The second-order valence-corrected chi connectivity index (χ2v) is 22.1. The molecule has 97 heavy (non-hydrogen) atoms. The van der Waals surface area contributed by atoms with Gasteiger partial charge in [0.25, 0.3) is 23.6 Å². The second-order valence-electron chi connectivity index (χ2n) is 22.1. The standard InChI is InChI=1S/C64H95N21O12/c1-5-9-13-45(53(66)86)82-55(88)42-34-38(18-22-50(42)95-30-26-76-62(69)70)79-59(92)47(15-11-7-3)84-57(90)44-36-40(20-24-52(44)97-32-28-78-64(73)74)81-60(93)48(16-12-8-4)85-56(89)43-35-39(19-23-51(43)96-31-27-77-63(71)72)80-58(91)46(14-10-6-2)83-54(87)41-33-37(65)17-21-49(41)94-29-25-75-61(67)68/h17-24,33-36,45-48H,5-16,25-32,65H2,1-4H3,(H2,66,86)(H,79,92)(H,80,91)(H,81,93)(H,82,88)(H,83,87)(H,84,90)(H,85,89)(H4,67,68,75)(H4,69,70,76)(H4,71,72,77)(H4,73,74,78)/t45-,46-,47-,48-/m0/s1. The molecule has 27 N–H and O–H groups in total. The van der Waals surface area contributed by atoms with E-state index in [-0.39, 0.29) is 170 Å². The second kappa shape index (κ2) is 41.4. The number of nitrogen functional groups attached to an aromatic ring is 1. The van der Waals surface area contributed by atoms with E-state index in [4.69, 9.17) is 76.3 Å². The smallest absolute Gasteiger partial charge is 0.255 e. The molecular formula is C64H95N21O12. The van der Waals surface area contributed by atoms with Crippen molar-refractivity contribution in [2.45, 2.75) is 129 Å². The van der Waals surface area contributed by atoms with Crippen LogP contribution in [0.3, 0.4) is 0 Å². The van der Waals surface area contributed by atoms with E-state index in [2.05, 4.69) is 57.2 Å². The summed E-state index contributed by atoms with van der Waals surface area (Å²) in [5.74, 6) is -6.14. The number of ether oxygens (including phenoxy) is 4. The van der Waals surface area contributed by atoms with Gasteiger partial charge in [-0.1, -0.05) is 79.1 Å². The van der Waals surface area contributed by atoms with Gasteiger partial charge in [-0.05, 0) is 98.5 Å². The maximum Gasteiger partial charge on any atom is 0.255 e. The number of carbonyl (C=O) groups is 8. The summed E-state index contributed by atoms with van der Waals surface area (Å²) in [5, 5.41) is 19.5. The predicted octanol–water partition coefficient (Wildman–Crippen LogP) is 1.43. The van der Waals surface area contributed by atoms with Crippen LogP contribution in [0, 0.1) is 0 Å². The molecule has 8 amide bonds. The number of aliphatic imine (C=N–C) groups is 4. The normalized spacial score (nSPS) is 11.9. The molecule has 0 saturated carbocycles. The van der Waals surface area contributed by atoms with Crippen LogP contribution < -0.4 is 114 Å². The molecule has 0 aliphatic heterocycles. The highest BCUT2D eigenvalue weighted by atomic mass is 16.5. The zero-order valence-corrected chi connectivity index (χ0v) is 55.3. The maximum absolute atomic E-state index is 14.6. The number of amides is 8. The maximum atomic E-state index is 14.6. The van der Waals surface area contributed by atoms with Crippen LogP contribution in [-0.2, 0) is 19.2 Å². The largest absolute Gasteiger partial charge is 0.491 e. The molecule has 0 heterocycles. The zero-order valence-electron chi connectivity index (χ0n) is 55.3. The minimum Gasteiger partial charge on any atom is -0.491 e. The molecule has 33 nitrogen and oxygen atoms in total. The third-order valence-corrected chi connectivity index (χ3v) is 14.2. The fourth-order valence-corrected chi connectivity index (χ4v) is 9.26. The molecule has 4 rings (SSSR count). The van der Waals surface area contributed by atoms with Crippen molar-refractivity contribution in [2.24, 2.45) is 71.6 Å². The first kappa shape index (κ1) is 78.2. The number of hydrogen-bond acceptors (Lipinski definition) is 17. The lowest BCUT2D eigenvalue weighted by Gasteiger charge is -2.22. The number of carbonyl (C=O) groups excluding carboxylic acids is 8. The van der Waals surface area contributed by atoms with Crippen LogP contribution >= 0.6 is 0 Å². The lowest BCUT2D eigenvalue weighted by atomic mass is 10.1. The lowest BCUT2D eigenvalue weighted by Crippen LogP contribution is -2.45. The van der Waals surface area contributed by atoms with Gasteiger partial charge in [0, 0.05) is 22.7 Å². The molecule has 0 aliphatic carbocycles.